The maximum atomic E-state index is 6.53. The van der Waals surface area contributed by atoms with Gasteiger partial charge in [0.15, 0.2) is 0 Å². The molecule has 0 saturated carbocycles. The molecule has 0 aliphatic carbocycles. The van der Waals surface area contributed by atoms with Gasteiger partial charge in [-0.15, -0.1) is 0 Å². The number of benzene rings is 1. The molecular formula is C17H28N2O. The predicted molar refractivity (Wildman–Crippen MR) is 83.6 cm³/mol. The third-order valence-corrected chi connectivity index (χ3v) is 4.44. The summed E-state index contributed by atoms with van der Waals surface area (Å²) < 4.78 is 5.33. The van der Waals surface area contributed by atoms with Crippen molar-refractivity contribution >= 4 is 0 Å². The van der Waals surface area contributed by atoms with Crippen LogP contribution in [0.4, 0.5) is 0 Å². The summed E-state index contributed by atoms with van der Waals surface area (Å²) >= 11 is 0. The molecule has 3 atom stereocenters. The summed E-state index contributed by atoms with van der Waals surface area (Å²) in [6, 6.07) is 11.0. The van der Waals surface area contributed by atoms with Gasteiger partial charge in [0.2, 0.25) is 0 Å². The number of ether oxygens (including phenoxy) is 1. The van der Waals surface area contributed by atoms with Gasteiger partial charge in [-0.2, -0.15) is 0 Å². The molecule has 0 spiro atoms. The molecule has 2 rings (SSSR count). The molecule has 1 fully saturated rings. The first-order valence-electron chi connectivity index (χ1n) is 7.79. The number of hydrogen-bond acceptors (Lipinski definition) is 3. The van der Waals surface area contributed by atoms with Crippen molar-refractivity contribution in [2.45, 2.75) is 38.3 Å². The van der Waals surface area contributed by atoms with Crippen LogP contribution in [0.15, 0.2) is 30.3 Å². The van der Waals surface area contributed by atoms with Crippen molar-refractivity contribution in [3.05, 3.63) is 35.9 Å². The monoisotopic (exact) mass is 276 g/mol. The number of methoxy groups -OCH3 is 1. The van der Waals surface area contributed by atoms with E-state index in [0.717, 1.165) is 19.6 Å². The van der Waals surface area contributed by atoms with Gasteiger partial charge < -0.3 is 10.5 Å². The van der Waals surface area contributed by atoms with Crippen molar-refractivity contribution in [3.8, 4) is 0 Å². The average molecular weight is 276 g/mol. The standard InChI is InChI=1S/C17H28N2O/c1-3-16(17(18)15-9-5-4-6-10-15)19-11-7-8-14(12-19)13-20-2/h4-6,9-10,14,16-17H,3,7-8,11-13,18H2,1-2H3. The van der Waals surface area contributed by atoms with Gasteiger partial charge in [0.05, 0.1) is 6.61 Å². The predicted octanol–water partition coefficient (Wildman–Crippen LogP) is 2.82. The molecule has 3 nitrogen and oxygen atoms in total. The zero-order valence-electron chi connectivity index (χ0n) is 12.8. The number of nitrogens with zero attached hydrogens (tertiary/aromatic N) is 1. The highest BCUT2D eigenvalue weighted by molar-refractivity contribution is 5.20. The van der Waals surface area contributed by atoms with Crippen LogP contribution in [0.5, 0.6) is 0 Å². The summed E-state index contributed by atoms with van der Waals surface area (Å²) in [6.07, 6.45) is 3.63. The van der Waals surface area contributed by atoms with Gasteiger partial charge in [0.25, 0.3) is 0 Å². The van der Waals surface area contributed by atoms with Crippen LogP contribution in [0.1, 0.15) is 37.8 Å². The Morgan fingerprint density at radius 2 is 2.10 bits per heavy atom. The van der Waals surface area contributed by atoms with E-state index in [2.05, 4.69) is 36.1 Å². The lowest BCUT2D eigenvalue weighted by atomic mass is 9.92. The van der Waals surface area contributed by atoms with Gasteiger partial charge in [-0.3, -0.25) is 4.90 Å². The first-order valence-corrected chi connectivity index (χ1v) is 7.79. The minimum Gasteiger partial charge on any atom is -0.384 e. The fourth-order valence-corrected chi connectivity index (χ4v) is 3.41. The Morgan fingerprint density at radius 1 is 1.35 bits per heavy atom. The Bertz CT molecular complexity index is 380. The largest absolute Gasteiger partial charge is 0.384 e. The van der Waals surface area contributed by atoms with E-state index in [0.29, 0.717) is 12.0 Å². The lowest BCUT2D eigenvalue weighted by Crippen LogP contribution is -2.48. The Labute approximate surface area is 123 Å². The van der Waals surface area contributed by atoms with Gasteiger partial charge in [0, 0.05) is 25.7 Å². The van der Waals surface area contributed by atoms with Crippen LogP contribution in [0, 0.1) is 5.92 Å². The topological polar surface area (TPSA) is 38.5 Å². The van der Waals surface area contributed by atoms with Gasteiger partial charge >= 0.3 is 0 Å². The van der Waals surface area contributed by atoms with Crippen LogP contribution in [-0.2, 0) is 4.74 Å². The second-order valence-electron chi connectivity index (χ2n) is 5.87. The van der Waals surface area contributed by atoms with E-state index < -0.39 is 0 Å². The van der Waals surface area contributed by atoms with Crippen LogP contribution in [0.25, 0.3) is 0 Å². The van der Waals surface area contributed by atoms with Gasteiger partial charge in [-0.1, -0.05) is 37.3 Å². The molecule has 112 valence electrons. The number of rotatable bonds is 6. The van der Waals surface area contributed by atoms with Crippen LogP contribution < -0.4 is 5.73 Å². The third kappa shape index (κ3) is 3.81. The molecule has 20 heavy (non-hydrogen) atoms. The lowest BCUT2D eigenvalue weighted by Gasteiger charge is -2.40. The second kappa shape index (κ2) is 7.77. The highest BCUT2D eigenvalue weighted by Gasteiger charge is 2.29. The summed E-state index contributed by atoms with van der Waals surface area (Å²) in [5, 5.41) is 0. The first-order chi connectivity index (χ1) is 9.76. The Hall–Kier alpha value is -0.900. The Kier molecular flexibility index (Phi) is 6.02. The maximum Gasteiger partial charge on any atom is 0.0502 e. The zero-order valence-corrected chi connectivity index (χ0v) is 12.8. The van der Waals surface area contributed by atoms with E-state index in [1.54, 1.807) is 7.11 Å². The molecular weight excluding hydrogens is 248 g/mol. The summed E-state index contributed by atoms with van der Waals surface area (Å²) in [4.78, 5) is 2.57. The fourth-order valence-electron chi connectivity index (χ4n) is 3.41. The molecule has 1 aromatic rings. The minimum atomic E-state index is 0.0995. The van der Waals surface area contributed by atoms with Crippen molar-refractivity contribution in [1.29, 1.82) is 0 Å². The van der Waals surface area contributed by atoms with Crippen molar-refractivity contribution < 1.29 is 4.74 Å². The highest BCUT2D eigenvalue weighted by Crippen LogP contribution is 2.26. The fraction of sp³-hybridized carbons (Fsp3) is 0.647. The minimum absolute atomic E-state index is 0.0995. The van der Waals surface area contributed by atoms with E-state index in [1.807, 2.05) is 6.07 Å². The number of nitrogens with two attached hydrogens (primary N) is 1. The molecule has 0 bridgehead atoms. The van der Waals surface area contributed by atoms with E-state index in [-0.39, 0.29) is 6.04 Å². The zero-order chi connectivity index (χ0) is 14.4. The van der Waals surface area contributed by atoms with Crippen molar-refractivity contribution in [3.63, 3.8) is 0 Å². The molecule has 1 aliphatic heterocycles. The molecule has 1 saturated heterocycles. The van der Waals surface area contributed by atoms with Crippen molar-refractivity contribution in [2.24, 2.45) is 11.7 Å². The van der Waals surface area contributed by atoms with E-state index in [1.165, 1.54) is 24.9 Å². The van der Waals surface area contributed by atoms with Crippen molar-refractivity contribution in [1.82, 2.24) is 4.90 Å². The molecule has 0 radical (unpaired) electrons. The van der Waals surface area contributed by atoms with Gasteiger partial charge in [-0.25, -0.2) is 0 Å². The van der Waals surface area contributed by atoms with Gasteiger partial charge in [-0.05, 0) is 37.3 Å². The first kappa shape index (κ1) is 15.5. The van der Waals surface area contributed by atoms with Crippen molar-refractivity contribution in [2.75, 3.05) is 26.8 Å². The smallest absolute Gasteiger partial charge is 0.0502 e. The van der Waals surface area contributed by atoms with E-state index in [4.69, 9.17) is 10.5 Å². The van der Waals surface area contributed by atoms with Gasteiger partial charge in [0.1, 0.15) is 0 Å². The molecule has 3 heteroatoms. The SMILES string of the molecule is CCC(C(N)c1ccccc1)N1CCCC(COC)C1. The Morgan fingerprint density at radius 3 is 2.75 bits per heavy atom. The summed E-state index contributed by atoms with van der Waals surface area (Å²) in [6.45, 7) is 5.40. The van der Waals surface area contributed by atoms with E-state index >= 15 is 0 Å². The van der Waals surface area contributed by atoms with Crippen LogP contribution in [-0.4, -0.2) is 37.7 Å². The average Bonchev–Trinajstić information content (AvgIpc) is 2.49. The summed E-state index contributed by atoms with van der Waals surface area (Å²) in [7, 11) is 1.80. The molecule has 3 unspecified atom stereocenters. The second-order valence-corrected chi connectivity index (χ2v) is 5.87. The van der Waals surface area contributed by atoms with Crippen LogP contribution in [0.3, 0.4) is 0 Å². The van der Waals surface area contributed by atoms with Crippen LogP contribution in [0.2, 0.25) is 0 Å². The molecule has 1 aliphatic rings. The summed E-state index contributed by atoms with van der Waals surface area (Å²) in [5.74, 6) is 0.658. The lowest BCUT2D eigenvalue weighted by molar-refractivity contribution is 0.0591. The molecule has 1 heterocycles. The maximum absolute atomic E-state index is 6.53. The highest BCUT2D eigenvalue weighted by atomic mass is 16.5. The normalized spacial score (nSPS) is 23.4. The molecule has 2 N–H and O–H groups in total. The molecule has 0 amide bonds. The molecule has 1 aromatic carbocycles. The Balaban J connectivity index is 2.03. The number of likely N-dealkylation sites (tertiary alicyclic amines) is 1. The summed E-state index contributed by atoms with van der Waals surface area (Å²) in [5.41, 5.74) is 7.77. The number of piperidine rings is 1. The van der Waals surface area contributed by atoms with Crippen LogP contribution >= 0.6 is 0 Å². The number of hydrogen-bond donors (Lipinski definition) is 1. The quantitative estimate of drug-likeness (QED) is 0.868. The van der Waals surface area contributed by atoms with E-state index in [9.17, 15) is 0 Å². The molecule has 0 aromatic heterocycles. The third-order valence-electron chi connectivity index (χ3n) is 4.44.